The number of esters is 1. The van der Waals surface area contributed by atoms with Gasteiger partial charge in [0.05, 0.1) is 0 Å². The van der Waals surface area contributed by atoms with Crippen LogP contribution < -0.4 is 4.74 Å². The molecule has 0 aromatic heterocycles. The molecule has 0 radical (unpaired) electrons. The van der Waals surface area contributed by atoms with Crippen molar-refractivity contribution >= 4 is 35.5 Å². The molecule has 2 nitrogen and oxygen atoms in total. The molecule has 0 heterocycles. The van der Waals surface area contributed by atoms with Gasteiger partial charge in [-0.2, -0.15) is 0 Å². The van der Waals surface area contributed by atoms with Gasteiger partial charge in [0.25, 0.3) is 0 Å². The van der Waals surface area contributed by atoms with E-state index in [-0.39, 0.29) is 35.5 Å². The van der Waals surface area contributed by atoms with E-state index in [1.807, 2.05) is 25.1 Å². The number of ether oxygens (including phenoxy) is 1. The molecule has 60 valence electrons. The second kappa shape index (κ2) is 5.36. The summed E-state index contributed by atoms with van der Waals surface area (Å²) in [6.07, 6.45) is 0. The molecule has 0 aliphatic rings. The van der Waals surface area contributed by atoms with Crippen molar-refractivity contribution < 1.29 is 9.53 Å². The molecule has 1 rings (SSSR count). The molecule has 0 atom stereocenters. The van der Waals surface area contributed by atoms with E-state index in [9.17, 15) is 4.79 Å². The number of hydrogen-bond donors (Lipinski definition) is 0. The standard InChI is InChI=1S/C9H10O2.Na.H/c1-7-4-3-5-9(6-7)11-8(2)10;;/h3-6H,1-2H3;;. The Morgan fingerprint density at radius 1 is 1.42 bits per heavy atom. The zero-order valence-corrected chi connectivity index (χ0v) is 6.63. The van der Waals surface area contributed by atoms with Crippen molar-refractivity contribution in [2.75, 3.05) is 0 Å². The van der Waals surface area contributed by atoms with Gasteiger partial charge in [0, 0.05) is 6.92 Å². The second-order valence-electron chi connectivity index (χ2n) is 2.41. The van der Waals surface area contributed by atoms with Crippen molar-refractivity contribution in [1.29, 1.82) is 0 Å². The van der Waals surface area contributed by atoms with Crippen LogP contribution in [0, 0.1) is 6.92 Å². The van der Waals surface area contributed by atoms with Gasteiger partial charge >= 0.3 is 35.5 Å². The van der Waals surface area contributed by atoms with Crippen LogP contribution in [0.5, 0.6) is 5.75 Å². The van der Waals surface area contributed by atoms with Gasteiger partial charge in [0.2, 0.25) is 0 Å². The maximum atomic E-state index is 10.5. The van der Waals surface area contributed by atoms with E-state index in [1.165, 1.54) is 6.92 Å². The van der Waals surface area contributed by atoms with Gasteiger partial charge in [0.1, 0.15) is 5.75 Å². The summed E-state index contributed by atoms with van der Waals surface area (Å²) in [6, 6.07) is 7.39. The third kappa shape index (κ3) is 3.90. The van der Waals surface area contributed by atoms with Gasteiger partial charge in [-0.1, -0.05) is 12.1 Å². The molecule has 12 heavy (non-hydrogen) atoms. The second-order valence-corrected chi connectivity index (χ2v) is 2.41. The molecule has 1 aromatic carbocycles. The Kier molecular flexibility index (Phi) is 5.22. The summed E-state index contributed by atoms with van der Waals surface area (Å²) in [4.78, 5) is 10.5. The molecule has 1 aromatic rings. The molecule has 0 unspecified atom stereocenters. The van der Waals surface area contributed by atoms with Crippen LogP contribution in [-0.2, 0) is 4.79 Å². The Labute approximate surface area is 94.2 Å². The van der Waals surface area contributed by atoms with Crippen molar-refractivity contribution in [1.82, 2.24) is 0 Å². The van der Waals surface area contributed by atoms with Gasteiger partial charge in [-0.25, -0.2) is 0 Å². The Bertz CT molecular complexity index is 271. The number of aryl methyl sites for hydroxylation is 1. The quantitative estimate of drug-likeness (QED) is 0.364. The van der Waals surface area contributed by atoms with Crippen molar-refractivity contribution in [2.24, 2.45) is 0 Å². The van der Waals surface area contributed by atoms with Crippen LogP contribution in [0.2, 0.25) is 0 Å². The fourth-order valence-electron chi connectivity index (χ4n) is 0.845. The number of rotatable bonds is 1. The van der Waals surface area contributed by atoms with Crippen LogP contribution in [-0.4, -0.2) is 35.5 Å². The van der Waals surface area contributed by atoms with E-state index in [0.29, 0.717) is 5.75 Å². The number of benzene rings is 1. The summed E-state index contributed by atoms with van der Waals surface area (Å²) in [6.45, 7) is 3.34. The minimum absolute atomic E-state index is 0. The van der Waals surface area contributed by atoms with Gasteiger partial charge in [-0.05, 0) is 24.6 Å². The van der Waals surface area contributed by atoms with Crippen LogP contribution in [0.4, 0.5) is 0 Å². The Morgan fingerprint density at radius 3 is 2.58 bits per heavy atom. The maximum absolute atomic E-state index is 10.5. The molecule has 0 saturated carbocycles. The summed E-state index contributed by atoms with van der Waals surface area (Å²) in [5.74, 6) is 0.327. The topological polar surface area (TPSA) is 26.3 Å². The fourth-order valence-corrected chi connectivity index (χ4v) is 0.845. The summed E-state index contributed by atoms with van der Waals surface area (Å²) < 4.78 is 4.86. The third-order valence-corrected chi connectivity index (χ3v) is 1.25. The monoisotopic (exact) mass is 174 g/mol. The van der Waals surface area contributed by atoms with Crippen molar-refractivity contribution in [3.8, 4) is 5.75 Å². The van der Waals surface area contributed by atoms with E-state index in [0.717, 1.165) is 5.56 Å². The van der Waals surface area contributed by atoms with Crippen LogP contribution >= 0.6 is 0 Å². The first-order chi connectivity index (χ1) is 5.18. The van der Waals surface area contributed by atoms with E-state index in [4.69, 9.17) is 4.74 Å². The molecular weight excluding hydrogens is 163 g/mol. The van der Waals surface area contributed by atoms with Crippen LogP contribution in [0.15, 0.2) is 24.3 Å². The number of hydrogen-bond acceptors (Lipinski definition) is 2. The van der Waals surface area contributed by atoms with Crippen molar-refractivity contribution in [3.05, 3.63) is 29.8 Å². The third-order valence-electron chi connectivity index (χ3n) is 1.25. The van der Waals surface area contributed by atoms with E-state index < -0.39 is 0 Å². The van der Waals surface area contributed by atoms with Crippen LogP contribution in [0.1, 0.15) is 12.5 Å². The minimum atomic E-state index is -0.282. The first-order valence-corrected chi connectivity index (χ1v) is 3.43. The molecule has 0 saturated heterocycles. The van der Waals surface area contributed by atoms with Gasteiger partial charge in [-0.15, -0.1) is 0 Å². The summed E-state index contributed by atoms with van der Waals surface area (Å²) in [7, 11) is 0. The SMILES string of the molecule is CC(=O)Oc1cccc(C)c1.[NaH]. The first kappa shape index (κ1) is 11.7. The molecule has 0 fully saturated rings. The van der Waals surface area contributed by atoms with Crippen molar-refractivity contribution in [2.45, 2.75) is 13.8 Å². The van der Waals surface area contributed by atoms with Crippen LogP contribution in [0.25, 0.3) is 0 Å². The van der Waals surface area contributed by atoms with Crippen LogP contribution in [0.3, 0.4) is 0 Å². The van der Waals surface area contributed by atoms with Gasteiger partial charge in [-0.3, -0.25) is 4.79 Å². The summed E-state index contributed by atoms with van der Waals surface area (Å²) >= 11 is 0. The molecule has 0 spiro atoms. The summed E-state index contributed by atoms with van der Waals surface area (Å²) in [5, 5.41) is 0. The predicted molar refractivity (Wildman–Crippen MR) is 49.6 cm³/mol. The Hall–Kier alpha value is -0.310. The average molecular weight is 174 g/mol. The average Bonchev–Trinajstić information content (AvgIpc) is 1.85. The van der Waals surface area contributed by atoms with E-state index in [1.54, 1.807) is 6.07 Å². The van der Waals surface area contributed by atoms with E-state index in [2.05, 4.69) is 0 Å². The molecular formula is C9H11NaO2. The Balaban J connectivity index is 0.00000121. The molecule has 0 amide bonds. The molecule has 0 N–H and O–H groups in total. The zero-order chi connectivity index (χ0) is 8.27. The van der Waals surface area contributed by atoms with E-state index >= 15 is 0 Å². The predicted octanol–water partition coefficient (Wildman–Crippen LogP) is 1.27. The fraction of sp³-hybridized carbons (Fsp3) is 0.222. The first-order valence-electron chi connectivity index (χ1n) is 3.43. The molecule has 3 heteroatoms. The number of carbonyl (C=O) groups excluding carboxylic acids is 1. The number of carbonyl (C=O) groups is 1. The summed E-state index contributed by atoms with van der Waals surface area (Å²) in [5.41, 5.74) is 1.09. The normalized spacial score (nSPS) is 8.50. The Morgan fingerprint density at radius 2 is 2.08 bits per heavy atom. The van der Waals surface area contributed by atoms with Gasteiger partial charge in [0.15, 0.2) is 0 Å². The van der Waals surface area contributed by atoms with Gasteiger partial charge < -0.3 is 4.74 Å². The molecule has 0 aliphatic carbocycles. The van der Waals surface area contributed by atoms with Crippen molar-refractivity contribution in [3.63, 3.8) is 0 Å². The zero-order valence-electron chi connectivity index (χ0n) is 6.63. The molecule has 0 bridgehead atoms. The molecule has 0 aliphatic heterocycles.